The molecule has 8 bridgehead atoms. The normalized spacial score (nSPS) is 12.5. The number of rotatable bonds is 45. The molecule has 0 unspecified atom stereocenters. The Morgan fingerprint density at radius 1 is 0.423 bits per heavy atom. The Bertz CT molecular complexity index is 5530. The van der Waals surface area contributed by atoms with Gasteiger partial charge in [0.2, 0.25) is 0 Å². The number of aromatic amines is 2. The molecule has 5 aromatic heterocycles. The monoisotopic (exact) mass is 1680 g/mol. The van der Waals surface area contributed by atoms with Crippen LogP contribution in [0.3, 0.4) is 0 Å². The number of thiophene rings is 1. The molecule has 10 aromatic rings. The molecule has 7 heterocycles. The maximum atomic E-state index is 12.0. The van der Waals surface area contributed by atoms with Crippen molar-refractivity contribution in [3.63, 3.8) is 0 Å². The van der Waals surface area contributed by atoms with E-state index in [2.05, 4.69) is 214 Å². The highest BCUT2D eigenvalue weighted by molar-refractivity contribution is 7.16. The number of ether oxygens (including phenoxy) is 4. The second-order valence-corrected chi connectivity index (χ2v) is 36.7. The number of aromatic nitrogens is 6. The molecule has 13 rings (SSSR count). The Hall–Kier alpha value is -9.99. The molecule has 0 saturated heterocycles. The van der Waals surface area contributed by atoms with Gasteiger partial charge in [0.15, 0.2) is 0 Å². The zero-order valence-corrected chi connectivity index (χ0v) is 77.2. The quantitative estimate of drug-likeness (QED) is 0.0248. The molecule has 0 saturated carbocycles. The molecule has 14 heteroatoms. The topological polar surface area (TPSA) is 157 Å². The minimum Gasteiger partial charge on any atom is -0.493 e. The van der Waals surface area contributed by atoms with Crippen LogP contribution in [0.4, 0.5) is 0 Å². The van der Waals surface area contributed by atoms with E-state index in [1.54, 1.807) is 12.1 Å². The van der Waals surface area contributed by atoms with E-state index in [4.69, 9.17) is 37.7 Å². The first kappa shape index (κ1) is 90.7. The van der Waals surface area contributed by atoms with Crippen LogP contribution in [0.25, 0.3) is 101 Å². The minimum absolute atomic E-state index is 0.211. The van der Waals surface area contributed by atoms with Gasteiger partial charge >= 0.3 is 5.97 Å². The van der Waals surface area contributed by atoms with Gasteiger partial charge in [0.1, 0.15) is 34.0 Å². The van der Waals surface area contributed by atoms with E-state index in [0.717, 1.165) is 239 Å². The summed E-state index contributed by atoms with van der Waals surface area (Å²) >= 11 is 2.95. The van der Waals surface area contributed by atoms with Crippen molar-refractivity contribution in [3.05, 3.63) is 187 Å². The van der Waals surface area contributed by atoms with Gasteiger partial charge in [-0.2, -0.15) is 8.75 Å². The molecule has 0 spiro atoms. The molecule has 1 aliphatic carbocycles. The summed E-state index contributed by atoms with van der Waals surface area (Å²) in [6.07, 6.45) is 41.9. The number of fused-ring (bicyclic) bond motifs is 11. The molecule has 0 radical (unpaired) electrons. The number of nitrogens with zero attached hydrogens (tertiary/aromatic N) is 4. The molecule has 0 fully saturated rings. The number of unbranched alkanes of at least 4 members (excludes halogenated alkanes) is 22. The van der Waals surface area contributed by atoms with Gasteiger partial charge in [0.25, 0.3) is 0 Å². The predicted octanol–water partition coefficient (Wildman–Crippen LogP) is 31.2. The van der Waals surface area contributed by atoms with E-state index in [-0.39, 0.29) is 17.4 Å². The van der Waals surface area contributed by atoms with Crippen molar-refractivity contribution >= 4 is 86.4 Å². The van der Waals surface area contributed by atoms with Gasteiger partial charge < -0.3 is 34.0 Å². The number of carboxylic acid groups (broad SMARTS) is 1. The summed E-state index contributed by atoms with van der Waals surface area (Å²) in [5.74, 6) is 18.3. The van der Waals surface area contributed by atoms with Crippen LogP contribution in [-0.4, -0.2) is 66.2 Å². The van der Waals surface area contributed by atoms with E-state index < -0.39 is 11.4 Å². The fraction of sp³-hybridized carbons (Fsp3) is 0.459. The zero-order chi connectivity index (χ0) is 86.2. The standard InChI is InChI=1S/C109H132N6O6S2/c1-13-19-25-29-33-37-65-118-95-43-41-44-96(119-66-38-34-30-26-20-14-2)102(95)99-90-59-57-88(110-90)83(55-52-77-51-54-81(105-104(77)114-123-115-105)76-47-49-78(50-48-76)108(116)117)89-58-60-92(111-89)100(103-97(120-67-39-35-31-27-21-15-3)45-42-46-98(103)121-68-40-36-32-28-22-16-4)94-72-86-106(113-94)101(93-62-61-91(99)112-93)107-87(109(86,63-23-17-5)64-24-18-6)71-80(122-107)53-56-82-84(74(9)10)69-79(73(7)8)70-85(82)75(11)12/h41-51,54,57-62,69-75,110,113H,13-40,63-68H2,1-12H3,(H,116,117). The Balaban J connectivity index is 1.15. The van der Waals surface area contributed by atoms with Gasteiger partial charge in [-0.1, -0.05) is 303 Å². The number of benzene rings is 5. The lowest BCUT2D eigenvalue weighted by molar-refractivity contribution is 0.0696. The van der Waals surface area contributed by atoms with Crippen LogP contribution < -0.4 is 18.9 Å². The summed E-state index contributed by atoms with van der Waals surface area (Å²) in [4.78, 5) is 34.8. The first-order valence-electron chi connectivity index (χ1n) is 47.1. The molecule has 3 N–H and O–H groups in total. The van der Waals surface area contributed by atoms with Gasteiger partial charge in [-0.25, -0.2) is 14.8 Å². The highest BCUT2D eigenvalue weighted by atomic mass is 32.1. The van der Waals surface area contributed by atoms with Crippen LogP contribution >= 0.6 is 23.1 Å². The highest BCUT2D eigenvalue weighted by Gasteiger charge is 2.44. The van der Waals surface area contributed by atoms with Crippen LogP contribution in [0.2, 0.25) is 0 Å². The van der Waals surface area contributed by atoms with E-state index in [0.29, 0.717) is 60.2 Å². The van der Waals surface area contributed by atoms with Crippen molar-refractivity contribution < 1.29 is 28.8 Å². The third-order valence-corrected chi connectivity index (χ3v) is 26.5. The van der Waals surface area contributed by atoms with Crippen LogP contribution in [0.15, 0.2) is 109 Å². The first-order valence-corrected chi connectivity index (χ1v) is 48.6. The van der Waals surface area contributed by atoms with Crippen molar-refractivity contribution in [1.29, 1.82) is 0 Å². The van der Waals surface area contributed by atoms with Crippen LogP contribution in [-0.2, 0) is 5.41 Å². The largest absolute Gasteiger partial charge is 0.493 e. The second kappa shape index (κ2) is 44.6. The molecule has 646 valence electrons. The molecular formula is C109H132N6O6S2. The van der Waals surface area contributed by atoms with E-state index in [1.807, 2.05) is 35.6 Å². The molecule has 12 nitrogen and oxygen atoms in total. The molecule has 3 aliphatic rings. The average Bonchev–Trinajstić information content (AvgIpc) is 1.55. The summed E-state index contributed by atoms with van der Waals surface area (Å²) in [7, 11) is 0. The molecule has 5 aromatic carbocycles. The fourth-order valence-corrected chi connectivity index (χ4v) is 19.7. The number of nitrogens with one attached hydrogen (secondary N) is 2. The fourth-order valence-electron chi connectivity index (χ4n) is 17.9. The number of aromatic carboxylic acids is 1. The number of carboxylic acids is 1. The number of hydrogen-bond donors (Lipinski definition) is 3. The van der Waals surface area contributed by atoms with Gasteiger partial charge in [-0.05, 0) is 181 Å². The maximum Gasteiger partial charge on any atom is 0.335 e. The Morgan fingerprint density at radius 2 is 0.878 bits per heavy atom. The Labute approximate surface area is 741 Å². The predicted molar refractivity (Wildman–Crippen MR) is 519 cm³/mol. The minimum atomic E-state index is -0.982. The van der Waals surface area contributed by atoms with E-state index in [9.17, 15) is 9.90 Å². The number of carbonyl (C=O) groups is 1. The number of H-pyrrole nitrogens is 2. The van der Waals surface area contributed by atoms with Crippen LogP contribution in [0, 0.1) is 23.7 Å². The van der Waals surface area contributed by atoms with Crippen molar-refractivity contribution in [1.82, 2.24) is 28.7 Å². The smallest absolute Gasteiger partial charge is 0.335 e. The third-order valence-electron chi connectivity index (χ3n) is 24.9. The van der Waals surface area contributed by atoms with Crippen molar-refractivity contribution in [2.75, 3.05) is 26.4 Å². The van der Waals surface area contributed by atoms with Gasteiger partial charge in [0, 0.05) is 49.1 Å². The lowest BCUT2D eigenvalue weighted by Gasteiger charge is -2.38. The number of hydrogen-bond acceptors (Lipinski definition) is 11. The summed E-state index contributed by atoms with van der Waals surface area (Å²) in [5, 5.41) is 9.87. The van der Waals surface area contributed by atoms with Gasteiger partial charge in [0.05, 0.1) is 105 Å². The zero-order valence-electron chi connectivity index (χ0n) is 75.6. The lowest BCUT2D eigenvalue weighted by atomic mass is 9.65. The van der Waals surface area contributed by atoms with Crippen LogP contribution in [0.5, 0.6) is 23.0 Å². The van der Waals surface area contributed by atoms with Gasteiger partial charge in [-0.3, -0.25) is 0 Å². The molecule has 0 amide bonds. The molecule has 0 atom stereocenters. The van der Waals surface area contributed by atoms with Crippen molar-refractivity contribution in [3.8, 4) is 90.5 Å². The molecule has 2 aliphatic heterocycles. The first-order chi connectivity index (χ1) is 60.1. The Morgan fingerprint density at radius 3 is 1.37 bits per heavy atom. The van der Waals surface area contributed by atoms with Crippen molar-refractivity contribution in [2.45, 2.75) is 299 Å². The van der Waals surface area contributed by atoms with Crippen LogP contribution in [0.1, 0.15) is 376 Å². The van der Waals surface area contributed by atoms with E-state index >= 15 is 0 Å². The van der Waals surface area contributed by atoms with E-state index in [1.165, 1.54) is 110 Å². The maximum absolute atomic E-state index is 12.0. The van der Waals surface area contributed by atoms with Crippen molar-refractivity contribution in [2.24, 2.45) is 0 Å². The highest BCUT2D eigenvalue weighted by Crippen LogP contribution is 2.58. The third kappa shape index (κ3) is 21.7. The van der Waals surface area contributed by atoms with Gasteiger partial charge in [-0.15, -0.1) is 11.3 Å². The summed E-state index contributed by atoms with van der Waals surface area (Å²) in [5.41, 5.74) is 22.7. The summed E-state index contributed by atoms with van der Waals surface area (Å²) in [6, 6.07) is 37.8. The molecular weight excluding hydrogens is 1550 g/mol. The second-order valence-electron chi connectivity index (χ2n) is 35.1. The average molecular weight is 1690 g/mol. The summed E-state index contributed by atoms with van der Waals surface area (Å²) < 4.78 is 38.7. The Kier molecular flexibility index (Phi) is 32.9. The summed E-state index contributed by atoms with van der Waals surface area (Å²) in [6.45, 7) is 29.8. The molecule has 123 heavy (non-hydrogen) atoms. The SMILES string of the molecule is CCCCCCCCOc1cccc(OCCCCCCCC)c1-c1c2nc(c3c4[nH]c(cc4C(CCCC)(CCCC)c4cc(C#Cc5c(C(C)C)cc(C(C)C)cc5C(C)C)sc4-3)c(-c3c(OCCCCCCCC)cccc3OCCCCCCCC)c3nc(c(C#Cc4ccc(-c5ccc(C(=O)O)cc5)c5nsnc45)c4ccc1[nH]4)C=C3)C=C2. The lowest BCUT2D eigenvalue weighted by Crippen LogP contribution is -2.30.